The first-order valence-corrected chi connectivity index (χ1v) is 9.44. The Morgan fingerprint density at radius 1 is 1.03 bits per heavy atom. The minimum atomic E-state index is -0.255. The summed E-state index contributed by atoms with van der Waals surface area (Å²) < 4.78 is 15.2. The average Bonchev–Trinajstić information content (AvgIpc) is 3.14. The van der Waals surface area contributed by atoms with Gasteiger partial charge in [-0.1, -0.05) is 24.3 Å². The summed E-state index contributed by atoms with van der Waals surface area (Å²) in [5, 5.41) is 5.63. The fourth-order valence-electron chi connectivity index (χ4n) is 3.26. The minimum absolute atomic E-state index is 0.227. The molecule has 0 aliphatic carbocycles. The molecule has 2 amide bonds. The zero-order valence-electron chi connectivity index (χ0n) is 16.2. The Balaban J connectivity index is 1.69. The predicted octanol–water partition coefficient (Wildman–Crippen LogP) is 5.26. The van der Waals surface area contributed by atoms with Crippen LogP contribution in [0.3, 0.4) is 0 Å². The number of hydrogen-bond donors (Lipinski definition) is 2. The number of carbonyl (C=O) groups is 1. The summed E-state index contributed by atoms with van der Waals surface area (Å²) in [6, 6.07) is 16.1. The lowest BCUT2D eigenvalue weighted by atomic mass is 10.1. The van der Waals surface area contributed by atoms with E-state index in [9.17, 15) is 9.18 Å². The molecule has 4 aromatic rings. The van der Waals surface area contributed by atoms with E-state index in [0.29, 0.717) is 6.54 Å². The molecule has 0 bridgehead atoms. The lowest BCUT2D eigenvalue weighted by Crippen LogP contribution is -2.28. The van der Waals surface area contributed by atoms with Crippen LogP contribution in [0.5, 0.6) is 0 Å². The van der Waals surface area contributed by atoms with E-state index in [0.717, 1.165) is 39.3 Å². The van der Waals surface area contributed by atoms with Gasteiger partial charge in [0.15, 0.2) is 0 Å². The van der Waals surface area contributed by atoms with Crippen molar-refractivity contribution < 1.29 is 9.18 Å². The summed E-state index contributed by atoms with van der Waals surface area (Å²) in [5.74, 6) is -0.255. The summed E-state index contributed by atoms with van der Waals surface area (Å²) in [5.41, 5.74) is 6.30. The minimum Gasteiger partial charge on any atom is -0.338 e. The molecule has 5 nitrogen and oxygen atoms in total. The summed E-state index contributed by atoms with van der Waals surface area (Å²) in [6.45, 7) is 4.39. The monoisotopic (exact) mass is 388 g/mol. The number of aromatic nitrogens is 2. The Morgan fingerprint density at radius 3 is 2.55 bits per heavy atom. The van der Waals surface area contributed by atoms with Gasteiger partial charge in [-0.3, -0.25) is 4.40 Å². The van der Waals surface area contributed by atoms with Gasteiger partial charge in [0.1, 0.15) is 11.5 Å². The molecular weight excluding hydrogens is 367 g/mol. The van der Waals surface area contributed by atoms with E-state index < -0.39 is 0 Å². The van der Waals surface area contributed by atoms with Crippen molar-refractivity contribution in [2.24, 2.45) is 0 Å². The third kappa shape index (κ3) is 3.82. The van der Waals surface area contributed by atoms with Gasteiger partial charge in [0.25, 0.3) is 0 Å². The number of carbonyl (C=O) groups excluding carboxylic acids is 1. The highest BCUT2D eigenvalue weighted by Gasteiger charge is 2.11. The highest BCUT2D eigenvalue weighted by atomic mass is 19.1. The zero-order valence-corrected chi connectivity index (χ0v) is 16.2. The fraction of sp³-hybridized carbons (Fsp3) is 0.130. The first-order valence-electron chi connectivity index (χ1n) is 9.44. The molecule has 2 N–H and O–H groups in total. The fourth-order valence-corrected chi connectivity index (χ4v) is 3.26. The van der Waals surface area contributed by atoms with Crippen LogP contribution >= 0.6 is 0 Å². The summed E-state index contributed by atoms with van der Waals surface area (Å²) in [4.78, 5) is 16.4. The van der Waals surface area contributed by atoms with E-state index in [2.05, 4.69) is 15.6 Å². The van der Waals surface area contributed by atoms with Crippen molar-refractivity contribution >= 4 is 17.4 Å². The number of amides is 2. The second-order valence-electron chi connectivity index (χ2n) is 6.81. The van der Waals surface area contributed by atoms with Crippen LogP contribution in [0, 0.1) is 12.7 Å². The van der Waals surface area contributed by atoms with Gasteiger partial charge in [0.05, 0.1) is 11.9 Å². The van der Waals surface area contributed by atoms with Gasteiger partial charge in [-0.05, 0) is 60.9 Å². The molecule has 0 saturated heterocycles. The largest absolute Gasteiger partial charge is 0.338 e. The van der Waals surface area contributed by atoms with Crippen molar-refractivity contribution in [3.05, 3.63) is 78.4 Å². The van der Waals surface area contributed by atoms with E-state index in [-0.39, 0.29) is 11.8 Å². The first kappa shape index (κ1) is 18.7. The maximum absolute atomic E-state index is 13.2. The molecule has 2 aromatic heterocycles. The second-order valence-corrected chi connectivity index (χ2v) is 6.81. The van der Waals surface area contributed by atoms with Crippen LogP contribution in [0.15, 0.2) is 67.0 Å². The third-order valence-electron chi connectivity index (χ3n) is 4.81. The van der Waals surface area contributed by atoms with E-state index in [1.165, 1.54) is 12.1 Å². The van der Waals surface area contributed by atoms with Gasteiger partial charge >= 0.3 is 6.03 Å². The predicted molar refractivity (Wildman–Crippen MR) is 113 cm³/mol. The number of halogens is 1. The van der Waals surface area contributed by atoms with Crippen LogP contribution in [-0.2, 0) is 0 Å². The van der Waals surface area contributed by atoms with E-state index in [4.69, 9.17) is 0 Å². The number of pyridine rings is 1. The van der Waals surface area contributed by atoms with E-state index in [1.807, 2.05) is 61.0 Å². The number of nitrogens with zero attached hydrogens (tertiary/aromatic N) is 2. The van der Waals surface area contributed by atoms with Gasteiger partial charge in [-0.15, -0.1) is 0 Å². The van der Waals surface area contributed by atoms with Crippen molar-refractivity contribution in [1.82, 2.24) is 14.7 Å². The molecular formula is C23H21FN4O. The van der Waals surface area contributed by atoms with Crippen molar-refractivity contribution in [2.75, 3.05) is 11.9 Å². The number of hydrogen-bond acceptors (Lipinski definition) is 2. The zero-order chi connectivity index (χ0) is 20.4. The molecule has 0 saturated carbocycles. The average molecular weight is 388 g/mol. The number of rotatable bonds is 4. The topological polar surface area (TPSA) is 58.4 Å². The van der Waals surface area contributed by atoms with Crippen LogP contribution in [0.25, 0.3) is 28.0 Å². The van der Waals surface area contributed by atoms with Crippen molar-refractivity contribution in [3.63, 3.8) is 0 Å². The van der Waals surface area contributed by atoms with Crippen LogP contribution in [0.1, 0.15) is 12.5 Å². The SMILES string of the molecule is CCNC(=O)Nc1cc(-c2cnc3cc(-c4ccc(F)cc4)ccn23)ccc1C. The molecule has 0 atom stereocenters. The number of urea groups is 1. The molecule has 29 heavy (non-hydrogen) atoms. The highest BCUT2D eigenvalue weighted by molar-refractivity contribution is 5.91. The molecule has 2 heterocycles. The van der Waals surface area contributed by atoms with Crippen molar-refractivity contribution in [3.8, 4) is 22.4 Å². The van der Waals surface area contributed by atoms with Gasteiger partial charge in [-0.25, -0.2) is 14.2 Å². The highest BCUT2D eigenvalue weighted by Crippen LogP contribution is 2.28. The summed E-state index contributed by atoms with van der Waals surface area (Å²) in [6.07, 6.45) is 3.76. The Kier molecular flexibility index (Phi) is 4.99. The standard InChI is InChI=1S/C23H21FN4O/c1-3-25-23(29)27-20-12-18(5-4-15(20)2)21-14-26-22-13-17(10-11-28(21)22)16-6-8-19(24)9-7-16/h4-14H,3H2,1-2H3,(H2,25,27,29). The van der Waals surface area contributed by atoms with Gasteiger partial charge in [0, 0.05) is 24.0 Å². The summed E-state index contributed by atoms with van der Waals surface area (Å²) in [7, 11) is 0. The van der Waals surface area contributed by atoms with Gasteiger partial charge in [-0.2, -0.15) is 0 Å². The first-order chi connectivity index (χ1) is 14.0. The number of imidazole rings is 1. The Labute approximate surface area is 168 Å². The molecule has 0 aliphatic heterocycles. The molecule has 0 radical (unpaired) electrons. The maximum atomic E-state index is 13.2. The van der Waals surface area contributed by atoms with Crippen molar-refractivity contribution in [1.29, 1.82) is 0 Å². The smallest absolute Gasteiger partial charge is 0.319 e. The number of anilines is 1. The Bertz CT molecular complexity index is 1180. The second kappa shape index (κ2) is 7.75. The van der Waals surface area contributed by atoms with Crippen LogP contribution in [0.4, 0.5) is 14.9 Å². The number of fused-ring (bicyclic) bond motifs is 1. The molecule has 2 aromatic carbocycles. The Morgan fingerprint density at radius 2 is 1.79 bits per heavy atom. The lowest BCUT2D eigenvalue weighted by Gasteiger charge is -2.11. The third-order valence-corrected chi connectivity index (χ3v) is 4.81. The number of nitrogens with one attached hydrogen (secondary N) is 2. The van der Waals surface area contributed by atoms with Crippen LogP contribution < -0.4 is 10.6 Å². The molecule has 0 fully saturated rings. The van der Waals surface area contributed by atoms with Crippen LogP contribution in [0.2, 0.25) is 0 Å². The van der Waals surface area contributed by atoms with E-state index in [1.54, 1.807) is 12.1 Å². The normalized spacial score (nSPS) is 10.9. The molecule has 6 heteroatoms. The molecule has 146 valence electrons. The molecule has 4 rings (SSSR count). The maximum Gasteiger partial charge on any atom is 0.319 e. The van der Waals surface area contributed by atoms with E-state index >= 15 is 0 Å². The summed E-state index contributed by atoms with van der Waals surface area (Å²) >= 11 is 0. The van der Waals surface area contributed by atoms with Gasteiger partial charge in [0.2, 0.25) is 0 Å². The quantitative estimate of drug-likeness (QED) is 0.501. The van der Waals surface area contributed by atoms with Crippen molar-refractivity contribution in [2.45, 2.75) is 13.8 Å². The molecule has 0 unspecified atom stereocenters. The van der Waals surface area contributed by atoms with Gasteiger partial charge < -0.3 is 10.6 Å². The van der Waals surface area contributed by atoms with Crippen LogP contribution in [-0.4, -0.2) is 22.0 Å². The number of benzene rings is 2. The Hall–Kier alpha value is -3.67. The molecule has 0 aliphatic rings. The lowest BCUT2D eigenvalue weighted by molar-refractivity contribution is 0.252. The number of aryl methyl sites for hydroxylation is 1. The molecule has 0 spiro atoms.